The molecule has 29 heavy (non-hydrogen) atoms. The quantitative estimate of drug-likeness (QED) is 0.715. The number of rotatable bonds is 7. The monoisotopic (exact) mass is 407 g/mol. The molecule has 1 aliphatic heterocycles. The lowest BCUT2D eigenvalue weighted by Crippen LogP contribution is -2.54. The molecule has 164 valence electrons. The Morgan fingerprint density at radius 1 is 1.21 bits per heavy atom. The van der Waals surface area contributed by atoms with Crippen LogP contribution in [0, 0.1) is 11.8 Å². The predicted octanol–water partition coefficient (Wildman–Crippen LogP) is 2.02. The molecule has 2 heterocycles. The molecule has 1 aromatic rings. The number of carbonyl (C=O) groups is 2. The lowest BCUT2D eigenvalue weighted by atomic mass is 9.97. The van der Waals surface area contributed by atoms with Crippen molar-refractivity contribution in [3.05, 3.63) is 11.8 Å². The van der Waals surface area contributed by atoms with Crippen LogP contribution in [0.2, 0.25) is 0 Å². The second-order valence-corrected chi connectivity index (χ2v) is 9.77. The summed E-state index contributed by atoms with van der Waals surface area (Å²) in [5, 5.41) is 11.4. The molecule has 0 aliphatic carbocycles. The number of carbonyl (C=O) groups excluding carboxylic acids is 2. The highest BCUT2D eigenvalue weighted by molar-refractivity contribution is 5.90. The van der Waals surface area contributed by atoms with Gasteiger partial charge in [0.2, 0.25) is 23.6 Å². The van der Waals surface area contributed by atoms with Crippen molar-refractivity contribution in [3.8, 4) is 0 Å². The lowest BCUT2D eigenvalue weighted by molar-refractivity contribution is -0.140. The smallest absolute Gasteiger partial charge is 0.243 e. The highest BCUT2D eigenvalue weighted by atomic mass is 16.4. The number of likely N-dealkylation sites (tertiary alicyclic amines) is 1. The van der Waals surface area contributed by atoms with Gasteiger partial charge in [0.25, 0.3) is 0 Å². The van der Waals surface area contributed by atoms with E-state index in [-0.39, 0.29) is 35.1 Å². The van der Waals surface area contributed by atoms with Gasteiger partial charge in [-0.25, -0.2) is 0 Å². The normalized spacial score (nSPS) is 19.7. The molecular weight excluding hydrogens is 370 g/mol. The van der Waals surface area contributed by atoms with Gasteiger partial charge in [0.1, 0.15) is 6.04 Å². The average Bonchev–Trinajstić information content (AvgIpc) is 3.28. The van der Waals surface area contributed by atoms with E-state index in [9.17, 15) is 9.59 Å². The van der Waals surface area contributed by atoms with E-state index >= 15 is 0 Å². The highest BCUT2D eigenvalue weighted by Gasteiger charge is 2.38. The fourth-order valence-electron chi connectivity index (χ4n) is 3.34. The van der Waals surface area contributed by atoms with Crippen LogP contribution in [-0.4, -0.2) is 51.6 Å². The number of amides is 2. The van der Waals surface area contributed by atoms with Crippen molar-refractivity contribution in [2.24, 2.45) is 17.6 Å². The summed E-state index contributed by atoms with van der Waals surface area (Å²) in [5.41, 5.74) is 5.82. The number of hydrogen-bond donors (Lipinski definition) is 2. The third-order valence-corrected chi connectivity index (χ3v) is 5.48. The van der Waals surface area contributed by atoms with Crippen molar-refractivity contribution in [1.29, 1.82) is 0 Å². The van der Waals surface area contributed by atoms with Gasteiger partial charge in [-0.15, -0.1) is 10.2 Å². The van der Waals surface area contributed by atoms with Crippen molar-refractivity contribution in [2.75, 3.05) is 6.54 Å². The van der Waals surface area contributed by atoms with Crippen LogP contribution in [0.3, 0.4) is 0 Å². The zero-order chi connectivity index (χ0) is 21.9. The molecule has 3 unspecified atom stereocenters. The lowest BCUT2D eigenvalue weighted by Gasteiger charge is -2.30. The van der Waals surface area contributed by atoms with Crippen LogP contribution in [0.15, 0.2) is 4.42 Å². The maximum absolute atomic E-state index is 13.0. The summed E-state index contributed by atoms with van der Waals surface area (Å²) < 4.78 is 5.80. The van der Waals surface area contributed by atoms with Gasteiger partial charge in [0, 0.05) is 24.4 Å². The van der Waals surface area contributed by atoms with Crippen molar-refractivity contribution in [2.45, 2.75) is 91.3 Å². The molecule has 0 aromatic carbocycles. The first-order valence-electron chi connectivity index (χ1n) is 10.6. The fourth-order valence-corrected chi connectivity index (χ4v) is 3.34. The Labute approximate surface area is 174 Å². The van der Waals surface area contributed by atoms with Crippen molar-refractivity contribution < 1.29 is 14.0 Å². The van der Waals surface area contributed by atoms with Crippen molar-refractivity contribution in [1.82, 2.24) is 20.4 Å². The van der Waals surface area contributed by atoms with Gasteiger partial charge in [0.15, 0.2) is 0 Å². The second kappa shape index (κ2) is 9.24. The summed E-state index contributed by atoms with van der Waals surface area (Å²) in [4.78, 5) is 27.3. The van der Waals surface area contributed by atoms with E-state index in [1.807, 2.05) is 48.5 Å². The Hall–Kier alpha value is -1.96. The molecule has 1 fully saturated rings. The molecule has 0 spiro atoms. The van der Waals surface area contributed by atoms with Crippen LogP contribution in [0.4, 0.5) is 0 Å². The molecule has 1 aromatic heterocycles. The van der Waals surface area contributed by atoms with E-state index in [1.54, 1.807) is 4.90 Å². The molecular formula is C21H37N5O3. The Kier molecular flexibility index (Phi) is 7.43. The van der Waals surface area contributed by atoms with E-state index in [0.29, 0.717) is 31.2 Å². The maximum atomic E-state index is 13.0. The van der Waals surface area contributed by atoms with Crippen LogP contribution in [0.25, 0.3) is 0 Å². The first-order valence-corrected chi connectivity index (χ1v) is 10.6. The van der Waals surface area contributed by atoms with Crippen molar-refractivity contribution >= 4 is 11.8 Å². The molecule has 0 radical (unpaired) electrons. The SMILES string of the molecule is CC(C)C(Cc1nnc(C(C)(C)C)o1)NC(=O)C1CCCN1C(=O)C(N)C(C)C. The summed E-state index contributed by atoms with van der Waals surface area (Å²) in [6.07, 6.45) is 1.92. The van der Waals surface area contributed by atoms with Crippen LogP contribution < -0.4 is 11.1 Å². The number of hydrogen-bond acceptors (Lipinski definition) is 6. The summed E-state index contributed by atoms with van der Waals surface area (Å²) in [6, 6.07) is -1.22. The van der Waals surface area contributed by atoms with Gasteiger partial charge in [-0.3, -0.25) is 9.59 Å². The summed E-state index contributed by atoms with van der Waals surface area (Å²) in [6.45, 7) is 14.5. The minimum Gasteiger partial charge on any atom is -0.425 e. The second-order valence-electron chi connectivity index (χ2n) is 9.77. The average molecular weight is 408 g/mol. The highest BCUT2D eigenvalue weighted by Crippen LogP contribution is 2.23. The van der Waals surface area contributed by atoms with Gasteiger partial charge in [-0.2, -0.15) is 0 Å². The Morgan fingerprint density at radius 2 is 1.86 bits per heavy atom. The van der Waals surface area contributed by atoms with Crippen molar-refractivity contribution in [3.63, 3.8) is 0 Å². The van der Waals surface area contributed by atoms with E-state index in [4.69, 9.17) is 10.2 Å². The minimum atomic E-state index is -0.585. The van der Waals surface area contributed by atoms with E-state index in [2.05, 4.69) is 15.5 Å². The third-order valence-electron chi connectivity index (χ3n) is 5.48. The summed E-state index contributed by atoms with van der Waals surface area (Å²) >= 11 is 0. The van der Waals surface area contributed by atoms with E-state index < -0.39 is 12.1 Å². The summed E-state index contributed by atoms with van der Waals surface area (Å²) in [5.74, 6) is 1.01. The molecule has 3 N–H and O–H groups in total. The van der Waals surface area contributed by atoms with Crippen LogP contribution in [0.1, 0.15) is 73.1 Å². The maximum Gasteiger partial charge on any atom is 0.243 e. The Morgan fingerprint density at radius 3 is 2.38 bits per heavy atom. The zero-order valence-electron chi connectivity index (χ0n) is 18.9. The number of nitrogens with one attached hydrogen (secondary N) is 1. The van der Waals surface area contributed by atoms with Gasteiger partial charge in [-0.05, 0) is 24.7 Å². The van der Waals surface area contributed by atoms with Gasteiger partial charge >= 0.3 is 0 Å². The first-order chi connectivity index (χ1) is 13.4. The van der Waals surface area contributed by atoms with Crippen LogP contribution in [0.5, 0.6) is 0 Å². The zero-order valence-corrected chi connectivity index (χ0v) is 18.9. The Bertz CT molecular complexity index is 707. The minimum absolute atomic E-state index is 0.0322. The molecule has 2 amide bonds. The molecule has 1 aliphatic rings. The molecule has 8 heteroatoms. The molecule has 2 rings (SSSR count). The van der Waals surface area contributed by atoms with Gasteiger partial charge < -0.3 is 20.4 Å². The topological polar surface area (TPSA) is 114 Å². The summed E-state index contributed by atoms with van der Waals surface area (Å²) in [7, 11) is 0. The molecule has 3 atom stereocenters. The third kappa shape index (κ3) is 5.78. The first kappa shape index (κ1) is 23.3. The molecule has 8 nitrogen and oxygen atoms in total. The fraction of sp³-hybridized carbons (Fsp3) is 0.810. The molecule has 0 bridgehead atoms. The van der Waals surface area contributed by atoms with E-state index in [1.165, 1.54) is 0 Å². The standard InChI is InChI=1S/C21H37N5O3/c1-12(2)14(11-16-24-25-20(29-16)21(5,6)7)23-18(27)15-9-8-10-26(15)19(28)17(22)13(3)4/h12-15,17H,8-11,22H2,1-7H3,(H,23,27). The number of nitrogens with zero attached hydrogens (tertiary/aromatic N) is 3. The van der Waals surface area contributed by atoms with Crippen LogP contribution in [-0.2, 0) is 21.4 Å². The van der Waals surface area contributed by atoms with Crippen LogP contribution >= 0.6 is 0 Å². The number of aromatic nitrogens is 2. The predicted molar refractivity (Wildman–Crippen MR) is 111 cm³/mol. The van der Waals surface area contributed by atoms with E-state index in [0.717, 1.165) is 6.42 Å². The molecule has 0 saturated carbocycles. The Balaban J connectivity index is 2.07. The van der Waals surface area contributed by atoms with Gasteiger partial charge in [0.05, 0.1) is 6.04 Å². The number of nitrogens with two attached hydrogens (primary N) is 1. The largest absolute Gasteiger partial charge is 0.425 e. The van der Waals surface area contributed by atoms with Gasteiger partial charge in [-0.1, -0.05) is 48.5 Å². The molecule has 1 saturated heterocycles.